The molecule has 0 radical (unpaired) electrons. The summed E-state index contributed by atoms with van der Waals surface area (Å²) >= 11 is 0. The lowest BCUT2D eigenvalue weighted by Crippen LogP contribution is -2.41. The van der Waals surface area contributed by atoms with Crippen LogP contribution in [-0.4, -0.2) is 24.5 Å². The normalized spacial score (nSPS) is 12.1. The molecule has 1 rings (SSSR count). The number of esters is 1. The predicted molar refractivity (Wildman–Crippen MR) is 151 cm³/mol. The Balaban J connectivity index is 2.13. The topological polar surface area (TPSA) is 81.4 Å². The summed E-state index contributed by atoms with van der Waals surface area (Å²) in [5.74, 6) is -0.434. The molecule has 0 saturated carbocycles. The molecule has 5 nitrogen and oxygen atoms in total. The maximum atomic E-state index is 12.6. The molecule has 0 unspecified atom stereocenters. The van der Waals surface area contributed by atoms with E-state index in [0.29, 0.717) is 19.4 Å². The molecular formula is C31H52N2O3. The molecule has 1 atom stereocenters. The lowest BCUT2D eigenvalue weighted by atomic mass is 10.1. The second-order valence-electron chi connectivity index (χ2n) is 9.83. The van der Waals surface area contributed by atoms with Crippen molar-refractivity contribution < 1.29 is 14.3 Å². The first-order valence-electron chi connectivity index (χ1n) is 14.5. The standard InChI is InChI=1S/C31H52N2O3/c1-2-3-4-5-6-7-8-9-10-11-12-13-14-15-19-25-30(34)33-29(24-20-21-26-32)31(35)36-27-28-22-17-16-18-23-28/h9-10,16-18,22-23,29H,2-8,11-15,19-21,24-27,32H2,1H3,(H,33,34)/b10-9-/t29-/m0/s1. The smallest absolute Gasteiger partial charge is 0.328 e. The largest absolute Gasteiger partial charge is 0.459 e. The number of unbranched alkanes of at least 4 members (excludes halogenated alkanes) is 12. The van der Waals surface area contributed by atoms with Gasteiger partial charge in [0.05, 0.1) is 0 Å². The lowest BCUT2D eigenvalue weighted by Gasteiger charge is -2.18. The van der Waals surface area contributed by atoms with Crippen LogP contribution < -0.4 is 11.1 Å². The first-order chi connectivity index (χ1) is 17.7. The maximum Gasteiger partial charge on any atom is 0.328 e. The Morgan fingerprint density at radius 1 is 0.833 bits per heavy atom. The number of nitrogens with one attached hydrogen (secondary N) is 1. The first kappa shape index (κ1) is 31.9. The number of carbonyl (C=O) groups is 2. The summed E-state index contributed by atoms with van der Waals surface area (Å²) < 4.78 is 5.46. The number of nitrogens with two attached hydrogens (primary N) is 1. The van der Waals surface area contributed by atoms with Crippen LogP contribution in [0.4, 0.5) is 0 Å². The molecule has 0 fully saturated rings. The highest BCUT2D eigenvalue weighted by molar-refractivity contribution is 5.84. The summed E-state index contributed by atoms with van der Waals surface area (Å²) in [6, 6.07) is 8.99. The van der Waals surface area contributed by atoms with Gasteiger partial charge in [-0.05, 0) is 63.5 Å². The van der Waals surface area contributed by atoms with E-state index in [1.165, 1.54) is 57.8 Å². The summed E-state index contributed by atoms with van der Waals surface area (Å²) in [4.78, 5) is 25.0. The molecule has 3 N–H and O–H groups in total. The molecule has 0 spiro atoms. The van der Waals surface area contributed by atoms with E-state index in [0.717, 1.165) is 44.1 Å². The van der Waals surface area contributed by atoms with Gasteiger partial charge in [-0.25, -0.2) is 4.79 Å². The molecule has 0 aliphatic rings. The average Bonchev–Trinajstić information content (AvgIpc) is 2.89. The van der Waals surface area contributed by atoms with Crippen LogP contribution in [0.3, 0.4) is 0 Å². The molecule has 1 aromatic carbocycles. The second-order valence-corrected chi connectivity index (χ2v) is 9.83. The predicted octanol–water partition coefficient (Wildman–Crippen LogP) is 7.38. The van der Waals surface area contributed by atoms with E-state index in [1.807, 2.05) is 30.3 Å². The minimum Gasteiger partial charge on any atom is -0.459 e. The second kappa shape index (κ2) is 23.3. The van der Waals surface area contributed by atoms with Crippen molar-refractivity contribution in [3.8, 4) is 0 Å². The molecule has 1 amide bonds. The van der Waals surface area contributed by atoms with Crippen molar-refractivity contribution in [2.75, 3.05) is 6.54 Å². The number of amides is 1. The molecule has 0 aromatic heterocycles. The zero-order chi connectivity index (χ0) is 26.1. The summed E-state index contributed by atoms with van der Waals surface area (Å²) in [6.07, 6.45) is 23.3. The van der Waals surface area contributed by atoms with E-state index in [2.05, 4.69) is 24.4 Å². The van der Waals surface area contributed by atoms with E-state index in [9.17, 15) is 9.59 Å². The Labute approximate surface area is 220 Å². The Hall–Kier alpha value is -2.14. The monoisotopic (exact) mass is 500 g/mol. The lowest BCUT2D eigenvalue weighted by molar-refractivity contribution is -0.149. The number of ether oxygens (including phenoxy) is 1. The minimum atomic E-state index is -0.601. The van der Waals surface area contributed by atoms with Crippen molar-refractivity contribution in [2.45, 2.75) is 129 Å². The van der Waals surface area contributed by atoms with Crippen LogP contribution in [0.15, 0.2) is 42.5 Å². The first-order valence-corrected chi connectivity index (χ1v) is 14.5. The van der Waals surface area contributed by atoms with E-state index >= 15 is 0 Å². The highest BCUT2D eigenvalue weighted by Gasteiger charge is 2.21. The van der Waals surface area contributed by atoms with Gasteiger partial charge in [-0.1, -0.05) is 101 Å². The van der Waals surface area contributed by atoms with Gasteiger partial charge in [0.25, 0.3) is 0 Å². The zero-order valence-electron chi connectivity index (χ0n) is 22.9. The molecule has 0 bridgehead atoms. The van der Waals surface area contributed by atoms with Gasteiger partial charge >= 0.3 is 5.97 Å². The van der Waals surface area contributed by atoms with Crippen LogP contribution >= 0.6 is 0 Å². The summed E-state index contributed by atoms with van der Waals surface area (Å²) in [6.45, 7) is 3.06. The van der Waals surface area contributed by atoms with Gasteiger partial charge < -0.3 is 15.8 Å². The van der Waals surface area contributed by atoms with Gasteiger partial charge in [0.15, 0.2) is 0 Å². The fourth-order valence-electron chi connectivity index (χ4n) is 4.19. The molecule has 204 valence electrons. The number of hydrogen-bond donors (Lipinski definition) is 2. The van der Waals surface area contributed by atoms with Crippen LogP contribution in [0.5, 0.6) is 0 Å². The maximum absolute atomic E-state index is 12.6. The Morgan fingerprint density at radius 2 is 1.44 bits per heavy atom. The summed E-state index contributed by atoms with van der Waals surface area (Å²) in [5.41, 5.74) is 6.53. The Kier molecular flexibility index (Phi) is 20.6. The number of benzene rings is 1. The van der Waals surface area contributed by atoms with Crippen LogP contribution in [0.2, 0.25) is 0 Å². The number of hydrogen-bond acceptors (Lipinski definition) is 4. The van der Waals surface area contributed by atoms with E-state index < -0.39 is 6.04 Å². The van der Waals surface area contributed by atoms with Crippen molar-refractivity contribution in [2.24, 2.45) is 5.73 Å². The molecular weight excluding hydrogens is 448 g/mol. The van der Waals surface area contributed by atoms with Crippen molar-refractivity contribution in [3.05, 3.63) is 48.0 Å². The zero-order valence-corrected chi connectivity index (χ0v) is 22.9. The van der Waals surface area contributed by atoms with Gasteiger partial charge in [-0.3, -0.25) is 4.79 Å². The van der Waals surface area contributed by atoms with Crippen molar-refractivity contribution in [1.82, 2.24) is 5.32 Å². The molecule has 0 saturated heterocycles. The summed E-state index contributed by atoms with van der Waals surface area (Å²) in [7, 11) is 0. The number of rotatable bonds is 23. The van der Waals surface area contributed by atoms with Gasteiger partial charge in [0, 0.05) is 6.42 Å². The van der Waals surface area contributed by atoms with Gasteiger partial charge in [0.2, 0.25) is 5.91 Å². The third kappa shape index (κ3) is 18.2. The quantitative estimate of drug-likeness (QED) is 0.0933. The van der Waals surface area contributed by atoms with Crippen LogP contribution in [0.25, 0.3) is 0 Å². The Morgan fingerprint density at radius 3 is 2.08 bits per heavy atom. The average molecular weight is 501 g/mol. The van der Waals surface area contributed by atoms with Gasteiger partial charge in [-0.15, -0.1) is 0 Å². The Bertz CT molecular complexity index is 690. The molecule has 1 aromatic rings. The van der Waals surface area contributed by atoms with E-state index in [1.54, 1.807) is 0 Å². The van der Waals surface area contributed by atoms with E-state index in [-0.39, 0.29) is 18.5 Å². The third-order valence-electron chi connectivity index (χ3n) is 6.46. The SMILES string of the molecule is CCCCCCCC/C=C\CCCCCCCC(=O)N[C@@H](CCCCN)C(=O)OCc1ccccc1. The number of allylic oxidation sites excluding steroid dienone is 2. The fourth-order valence-corrected chi connectivity index (χ4v) is 4.19. The molecule has 5 heteroatoms. The fraction of sp³-hybridized carbons (Fsp3) is 0.677. The highest BCUT2D eigenvalue weighted by Crippen LogP contribution is 2.11. The highest BCUT2D eigenvalue weighted by atomic mass is 16.5. The van der Waals surface area contributed by atoms with Crippen LogP contribution in [0.1, 0.15) is 122 Å². The molecule has 36 heavy (non-hydrogen) atoms. The van der Waals surface area contributed by atoms with Crippen molar-refractivity contribution in [1.29, 1.82) is 0 Å². The summed E-state index contributed by atoms with van der Waals surface area (Å²) in [5, 5.41) is 2.90. The van der Waals surface area contributed by atoms with Crippen LogP contribution in [-0.2, 0) is 20.9 Å². The number of carbonyl (C=O) groups excluding carboxylic acids is 2. The van der Waals surface area contributed by atoms with E-state index in [4.69, 9.17) is 10.5 Å². The third-order valence-corrected chi connectivity index (χ3v) is 6.46. The van der Waals surface area contributed by atoms with Gasteiger partial charge in [0.1, 0.15) is 12.6 Å². The van der Waals surface area contributed by atoms with Gasteiger partial charge in [-0.2, -0.15) is 0 Å². The minimum absolute atomic E-state index is 0.0676. The molecule has 0 heterocycles. The molecule has 0 aliphatic heterocycles. The van der Waals surface area contributed by atoms with Crippen LogP contribution in [0, 0.1) is 0 Å². The van der Waals surface area contributed by atoms with Crippen molar-refractivity contribution in [3.63, 3.8) is 0 Å². The van der Waals surface area contributed by atoms with Crippen molar-refractivity contribution >= 4 is 11.9 Å². The molecule has 0 aliphatic carbocycles.